The molecule has 0 saturated heterocycles. The third kappa shape index (κ3) is 3.36. The third-order valence-electron chi connectivity index (χ3n) is 4.05. The van der Waals surface area contributed by atoms with Crippen LogP contribution in [0.25, 0.3) is 0 Å². The van der Waals surface area contributed by atoms with Crippen molar-refractivity contribution in [3.63, 3.8) is 0 Å². The van der Waals surface area contributed by atoms with E-state index in [1.165, 1.54) is 11.3 Å². The molecule has 1 heterocycles. The molecule has 1 aliphatic carbocycles. The topological polar surface area (TPSA) is 47.0 Å². The van der Waals surface area contributed by atoms with Crippen molar-refractivity contribution in [1.82, 2.24) is 15.3 Å². The monoisotopic (exact) mass is 277 g/mol. The first-order valence-electron chi connectivity index (χ1n) is 7.58. The van der Waals surface area contributed by atoms with Gasteiger partial charge in [-0.05, 0) is 38.1 Å². The molecular formula is C16H27N3O. The lowest BCUT2D eigenvalue weighted by Crippen LogP contribution is -2.34. The predicted octanol–water partition coefficient (Wildman–Crippen LogP) is 3.20. The lowest BCUT2D eigenvalue weighted by molar-refractivity contribution is 0.111. The van der Waals surface area contributed by atoms with E-state index >= 15 is 0 Å². The van der Waals surface area contributed by atoms with Gasteiger partial charge in [0.25, 0.3) is 0 Å². The molecule has 0 spiro atoms. The molecule has 1 aromatic rings. The van der Waals surface area contributed by atoms with Crippen LogP contribution < -0.4 is 5.32 Å². The van der Waals surface area contributed by atoms with E-state index in [0.717, 1.165) is 31.6 Å². The Balaban J connectivity index is 2.31. The van der Waals surface area contributed by atoms with Gasteiger partial charge in [-0.1, -0.05) is 20.8 Å². The summed E-state index contributed by atoms with van der Waals surface area (Å²) in [5.74, 6) is 0.790. The fourth-order valence-electron chi connectivity index (χ4n) is 2.86. The van der Waals surface area contributed by atoms with Crippen molar-refractivity contribution in [2.24, 2.45) is 5.41 Å². The average Bonchev–Trinajstić information content (AvgIpc) is 2.41. The van der Waals surface area contributed by atoms with Crippen LogP contribution in [0.4, 0.5) is 0 Å². The Morgan fingerprint density at radius 2 is 2.25 bits per heavy atom. The van der Waals surface area contributed by atoms with E-state index in [9.17, 15) is 0 Å². The summed E-state index contributed by atoms with van der Waals surface area (Å²) in [5, 5.41) is 3.63. The quantitative estimate of drug-likeness (QED) is 0.898. The van der Waals surface area contributed by atoms with Gasteiger partial charge in [0.1, 0.15) is 6.10 Å². The molecule has 0 saturated carbocycles. The number of hydrogen-bond acceptors (Lipinski definition) is 4. The molecule has 2 atom stereocenters. The van der Waals surface area contributed by atoms with Crippen molar-refractivity contribution < 1.29 is 4.74 Å². The van der Waals surface area contributed by atoms with Crippen molar-refractivity contribution in [1.29, 1.82) is 0 Å². The van der Waals surface area contributed by atoms with Gasteiger partial charge in [-0.15, -0.1) is 0 Å². The number of fused-ring (bicyclic) bond motifs is 1. The van der Waals surface area contributed by atoms with Crippen molar-refractivity contribution in [3.8, 4) is 0 Å². The van der Waals surface area contributed by atoms with Gasteiger partial charge in [0.05, 0.1) is 0 Å². The van der Waals surface area contributed by atoms with Gasteiger partial charge in [0.2, 0.25) is 0 Å². The Bertz CT molecular complexity index is 459. The lowest BCUT2D eigenvalue weighted by atomic mass is 9.74. The first-order valence-corrected chi connectivity index (χ1v) is 7.58. The van der Waals surface area contributed by atoms with E-state index in [1.54, 1.807) is 7.11 Å². The van der Waals surface area contributed by atoms with Crippen molar-refractivity contribution >= 4 is 0 Å². The summed E-state index contributed by atoms with van der Waals surface area (Å²) in [6, 6.07) is 0.376. The van der Waals surface area contributed by atoms with Crippen molar-refractivity contribution in [3.05, 3.63) is 23.3 Å². The summed E-state index contributed by atoms with van der Waals surface area (Å²) in [4.78, 5) is 9.25. The minimum absolute atomic E-state index is 0.0487. The molecule has 0 fully saturated rings. The molecule has 0 amide bonds. The van der Waals surface area contributed by atoms with Crippen LogP contribution in [0.2, 0.25) is 0 Å². The number of nitrogens with zero attached hydrogens (tertiary/aromatic N) is 2. The van der Waals surface area contributed by atoms with Crippen LogP contribution in [0.1, 0.15) is 69.8 Å². The highest BCUT2D eigenvalue weighted by Gasteiger charge is 2.33. The highest BCUT2D eigenvalue weighted by atomic mass is 16.5. The van der Waals surface area contributed by atoms with E-state index in [0.29, 0.717) is 6.04 Å². The zero-order valence-corrected chi connectivity index (χ0v) is 13.4. The Kier molecular flexibility index (Phi) is 4.76. The zero-order valence-electron chi connectivity index (χ0n) is 13.4. The fourth-order valence-corrected chi connectivity index (χ4v) is 2.86. The highest BCUT2D eigenvalue weighted by Crippen LogP contribution is 2.39. The van der Waals surface area contributed by atoms with Gasteiger partial charge in [-0.3, -0.25) is 0 Å². The number of hydrogen-bond donors (Lipinski definition) is 1. The summed E-state index contributed by atoms with van der Waals surface area (Å²) < 4.78 is 5.33. The second-order valence-electron chi connectivity index (χ2n) is 6.56. The van der Waals surface area contributed by atoms with E-state index < -0.39 is 0 Å². The van der Waals surface area contributed by atoms with Gasteiger partial charge in [0.15, 0.2) is 5.82 Å². The molecule has 4 nitrogen and oxygen atoms in total. The molecule has 2 rings (SSSR count). The van der Waals surface area contributed by atoms with Gasteiger partial charge >= 0.3 is 0 Å². The molecule has 0 aliphatic heterocycles. The molecule has 112 valence electrons. The van der Waals surface area contributed by atoms with Crippen LogP contribution in [0.15, 0.2) is 6.20 Å². The van der Waals surface area contributed by atoms with Crippen LogP contribution in [0.3, 0.4) is 0 Å². The molecule has 2 unspecified atom stereocenters. The maximum absolute atomic E-state index is 5.33. The first kappa shape index (κ1) is 15.4. The minimum Gasteiger partial charge on any atom is -0.374 e. The Hall–Kier alpha value is -1.00. The second-order valence-corrected chi connectivity index (χ2v) is 6.56. The number of nitrogens with one attached hydrogen (secondary N) is 1. The van der Waals surface area contributed by atoms with Crippen molar-refractivity contribution in [2.45, 2.75) is 59.1 Å². The summed E-state index contributed by atoms with van der Waals surface area (Å²) in [6.45, 7) is 9.86. The molecular weight excluding hydrogens is 250 g/mol. The molecule has 1 N–H and O–H groups in total. The van der Waals surface area contributed by atoms with Crippen molar-refractivity contribution in [2.75, 3.05) is 13.7 Å². The number of methoxy groups -OCH3 is 1. The van der Waals surface area contributed by atoms with Crippen LogP contribution >= 0.6 is 0 Å². The normalized spacial score (nSPS) is 22.4. The van der Waals surface area contributed by atoms with E-state index in [2.05, 4.69) is 31.1 Å². The van der Waals surface area contributed by atoms with E-state index in [4.69, 9.17) is 9.72 Å². The largest absolute Gasteiger partial charge is 0.374 e. The zero-order chi connectivity index (χ0) is 14.8. The third-order valence-corrected chi connectivity index (χ3v) is 4.05. The summed E-state index contributed by atoms with van der Waals surface area (Å²) in [7, 11) is 1.70. The van der Waals surface area contributed by atoms with Gasteiger partial charge < -0.3 is 10.1 Å². The molecule has 20 heavy (non-hydrogen) atoms. The van der Waals surface area contributed by atoms with E-state index in [-0.39, 0.29) is 11.5 Å². The fraction of sp³-hybridized carbons (Fsp3) is 0.750. The smallest absolute Gasteiger partial charge is 0.157 e. The maximum atomic E-state index is 5.33. The number of ether oxygens (including phenoxy) is 1. The lowest BCUT2D eigenvalue weighted by Gasteiger charge is -2.36. The summed E-state index contributed by atoms with van der Waals surface area (Å²) >= 11 is 0. The van der Waals surface area contributed by atoms with Crippen LogP contribution in [-0.4, -0.2) is 23.6 Å². The van der Waals surface area contributed by atoms with Gasteiger partial charge in [0, 0.05) is 30.6 Å². The summed E-state index contributed by atoms with van der Waals surface area (Å²) in [6.07, 6.45) is 5.25. The SMILES string of the molecule is CCCNC1CC(C)(C)Cc2nc(C(C)OC)ncc21. The molecule has 0 radical (unpaired) electrons. The second kappa shape index (κ2) is 6.19. The highest BCUT2D eigenvalue weighted by molar-refractivity contribution is 5.27. The number of rotatable bonds is 5. The molecule has 0 aromatic carbocycles. The molecule has 1 aliphatic rings. The minimum atomic E-state index is -0.0487. The van der Waals surface area contributed by atoms with E-state index in [1.807, 2.05) is 13.1 Å². The Morgan fingerprint density at radius 3 is 2.90 bits per heavy atom. The Morgan fingerprint density at radius 1 is 1.50 bits per heavy atom. The Labute approximate surface area is 122 Å². The van der Waals surface area contributed by atoms with Gasteiger partial charge in [-0.2, -0.15) is 0 Å². The maximum Gasteiger partial charge on any atom is 0.157 e. The predicted molar refractivity (Wildman–Crippen MR) is 80.6 cm³/mol. The number of aromatic nitrogens is 2. The summed E-state index contributed by atoms with van der Waals surface area (Å²) in [5.41, 5.74) is 2.73. The van der Waals surface area contributed by atoms with Crippen LogP contribution in [0.5, 0.6) is 0 Å². The van der Waals surface area contributed by atoms with Crippen LogP contribution in [-0.2, 0) is 11.2 Å². The average molecular weight is 277 g/mol. The molecule has 1 aromatic heterocycles. The molecule has 0 bridgehead atoms. The van der Waals surface area contributed by atoms with Crippen LogP contribution in [0, 0.1) is 5.41 Å². The standard InChI is InChI=1S/C16H27N3O/c1-6-7-17-13-8-16(3,4)9-14-12(13)10-18-15(19-14)11(2)20-5/h10-11,13,17H,6-9H2,1-5H3. The first-order chi connectivity index (χ1) is 9.46. The molecule has 4 heteroatoms. The van der Waals surface area contributed by atoms with Gasteiger partial charge in [-0.25, -0.2) is 9.97 Å².